The Balaban J connectivity index is 1.72. The summed E-state index contributed by atoms with van der Waals surface area (Å²) in [5.41, 5.74) is 2.14. The normalized spacial score (nSPS) is 16.5. The van der Waals surface area contributed by atoms with Crippen LogP contribution in [0.1, 0.15) is 28.0 Å². The number of hydrogen-bond donors (Lipinski definition) is 0. The number of thioether (sulfide) groups is 1. The van der Waals surface area contributed by atoms with Crippen LogP contribution in [0.3, 0.4) is 0 Å². The van der Waals surface area contributed by atoms with Crippen LogP contribution in [0.5, 0.6) is 0 Å². The summed E-state index contributed by atoms with van der Waals surface area (Å²) < 4.78 is 27.7. The fourth-order valence-electron chi connectivity index (χ4n) is 3.59. The van der Waals surface area contributed by atoms with Crippen LogP contribution in [0.2, 0.25) is 0 Å². The van der Waals surface area contributed by atoms with Gasteiger partial charge in [-0.05, 0) is 17.2 Å². The molecule has 1 heterocycles. The average Bonchev–Trinajstić information content (AvgIpc) is 3.19. The van der Waals surface area contributed by atoms with Crippen LogP contribution in [-0.4, -0.2) is 23.1 Å². The largest absolute Gasteiger partial charge is 0.325 e. The fraction of sp³-hybridized carbons (Fsp3) is 0.174. The van der Waals surface area contributed by atoms with Gasteiger partial charge in [0, 0.05) is 23.9 Å². The first-order valence-corrected chi connectivity index (χ1v) is 10.2. The van der Waals surface area contributed by atoms with Gasteiger partial charge in [0.1, 0.15) is 17.0 Å². The van der Waals surface area contributed by atoms with Crippen molar-refractivity contribution in [1.82, 2.24) is 4.90 Å². The second kappa shape index (κ2) is 8.15. The molecule has 1 fully saturated rings. The molecule has 1 saturated heterocycles. The number of benzene rings is 3. The van der Waals surface area contributed by atoms with E-state index in [1.54, 1.807) is 4.90 Å². The highest BCUT2D eigenvalue weighted by molar-refractivity contribution is 7.99. The zero-order valence-electron chi connectivity index (χ0n) is 15.1. The molecule has 28 heavy (non-hydrogen) atoms. The van der Waals surface area contributed by atoms with Gasteiger partial charge < -0.3 is 4.90 Å². The van der Waals surface area contributed by atoms with E-state index in [0.29, 0.717) is 17.9 Å². The Hall–Kier alpha value is -2.66. The van der Waals surface area contributed by atoms with Crippen molar-refractivity contribution < 1.29 is 13.6 Å². The number of nitrogens with zero attached hydrogens (tertiary/aromatic N) is 1. The van der Waals surface area contributed by atoms with Gasteiger partial charge in [-0.2, -0.15) is 0 Å². The SMILES string of the molecule is O=C(C(c1ccccc1)c1ccccc1)N1CCSC1c1ccc(F)cc1F. The Labute approximate surface area is 167 Å². The summed E-state index contributed by atoms with van der Waals surface area (Å²) in [5.74, 6) is -1.06. The predicted octanol–water partition coefficient (Wildman–Crippen LogP) is 5.37. The quantitative estimate of drug-likeness (QED) is 0.592. The Morgan fingerprint density at radius 3 is 2.11 bits per heavy atom. The molecule has 4 rings (SSSR count). The van der Waals surface area contributed by atoms with E-state index >= 15 is 0 Å². The summed E-state index contributed by atoms with van der Waals surface area (Å²) in [5, 5.41) is -0.456. The zero-order valence-corrected chi connectivity index (χ0v) is 15.9. The molecule has 1 atom stereocenters. The molecular formula is C23H19F2NOS. The molecule has 0 N–H and O–H groups in total. The maximum Gasteiger partial charge on any atom is 0.235 e. The van der Waals surface area contributed by atoms with E-state index in [2.05, 4.69) is 0 Å². The van der Waals surface area contributed by atoms with Gasteiger partial charge in [-0.15, -0.1) is 11.8 Å². The average molecular weight is 395 g/mol. The molecule has 1 amide bonds. The number of amides is 1. The van der Waals surface area contributed by atoms with E-state index in [0.717, 1.165) is 17.2 Å². The van der Waals surface area contributed by atoms with Crippen LogP contribution < -0.4 is 0 Å². The number of carbonyl (C=O) groups excluding carboxylic acids is 1. The molecule has 2 nitrogen and oxygen atoms in total. The molecule has 1 aliphatic rings. The van der Waals surface area contributed by atoms with Crippen LogP contribution in [0.25, 0.3) is 0 Å². The number of halogens is 2. The van der Waals surface area contributed by atoms with Gasteiger partial charge in [0.15, 0.2) is 0 Å². The van der Waals surface area contributed by atoms with Crippen molar-refractivity contribution in [3.63, 3.8) is 0 Å². The lowest BCUT2D eigenvalue weighted by atomic mass is 9.90. The lowest BCUT2D eigenvalue weighted by molar-refractivity contribution is -0.132. The first-order chi connectivity index (χ1) is 13.6. The number of carbonyl (C=O) groups is 1. The van der Waals surface area contributed by atoms with Gasteiger partial charge in [0.2, 0.25) is 5.91 Å². The third kappa shape index (κ3) is 3.67. The van der Waals surface area contributed by atoms with E-state index in [-0.39, 0.29) is 5.91 Å². The van der Waals surface area contributed by atoms with Crippen LogP contribution in [-0.2, 0) is 4.79 Å². The summed E-state index contributed by atoms with van der Waals surface area (Å²) in [6.07, 6.45) is 0. The summed E-state index contributed by atoms with van der Waals surface area (Å²) >= 11 is 1.50. The van der Waals surface area contributed by atoms with Crippen LogP contribution in [0.15, 0.2) is 78.9 Å². The Morgan fingerprint density at radius 2 is 1.54 bits per heavy atom. The van der Waals surface area contributed by atoms with Crippen molar-refractivity contribution in [2.24, 2.45) is 0 Å². The van der Waals surface area contributed by atoms with Crippen molar-refractivity contribution in [3.05, 3.63) is 107 Å². The topological polar surface area (TPSA) is 20.3 Å². The van der Waals surface area contributed by atoms with Crippen molar-refractivity contribution in [1.29, 1.82) is 0 Å². The molecule has 0 saturated carbocycles. The minimum absolute atomic E-state index is 0.0730. The molecule has 3 aromatic carbocycles. The lowest BCUT2D eigenvalue weighted by Gasteiger charge is -2.29. The highest BCUT2D eigenvalue weighted by Gasteiger charge is 2.37. The zero-order chi connectivity index (χ0) is 19.5. The minimum atomic E-state index is -0.617. The maximum atomic E-state index is 14.4. The lowest BCUT2D eigenvalue weighted by Crippen LogP contribution is -2.35. The molecule has 0 radical (unpaired) electrons. The molecule has 142 valence electrons. The van der Waals surface area contributed by atoms with E-state index in [9.17, 15) is 13.6 Å². The van der Waals surface area contributed by atoms with E-state index < -0.39 is 22.9 Å². The molecule has 0 aliphatic carbocycles. The molecule has 1 aliphatic heterocycles. The third-order valence-corrected chi connectivity index (χ3v) is 6.16. The van der Waals surface area contributed by atoms with Crippen molar-refractivity contribution in [3.8, 4) is 0 Å². The summed E-state index contributed by atoms with van der Waals surface area (Å²) in [6.45, 7) is 0.529. The van der Waals surface area contributed by atoms with Gasteiger partial charge in [-0.1, -0.05) is 66.7 Å². The Kier molecular flexibility index (Phi) is 5.44. The van der Waals surface area contributed by atoms with Crippen LogP contribution in [0.4, 0.5) is 8.78 Å². The van der Waals surface area contributed by atoms with Gasteiger partial charge in [-0.25, -0.2) is 8.78 Å². The first-order valence-electron chi connectivity index (χ1n) is 9.12. The van der Waals surface area contributed by atoms with Gasteiger partial charge >= 0.3 is 0 Å². The second-order valence-electron chi connectivity index (χ2n) is 6.67. The minimum Gasteiger partial charge on any atom is -0.325 e. The monoisotopic (exact) mass is 395 g/mol. The summed E-state index contributed by atoms with van der Waals surface area (Å²) in [4.78, 5) is 15.3. The maximum absolute atomic E-state index is 14.4. The van der Waals surface area contributed by atoms with E-state index in [1.807, 2.05) is 60.7 Å². The van der Waals surface area contributed by atoms with Gasteiger partial charge in [-0.3, -0.25) is 4.79 Å². The molecule has 0 spiro atoms. The highest BCUT2D eigenvalue weighted by Crippen LogP contribution is 2.41. The Bertz CT molecular complexity index is 925. The van der Waals surface area contributed by atoms with Crippen LogP contribution >= 0.6 is 11.8 Å². The molecule has 0 bridgehead atoms. The van der Waals surface area contributed by atoms with E-state index in [1.165, 1.54) is 23.9 Å². The summed E-state index contributed by atoms with van der Waals surface area (Å²) in [6, 6.07) is 22.8. The first kappa shape index (κ1) is 18.7. The molecular weight excluding hydrogens is 376 g/mol. The van der Waals surface area contributed by atoms with Crippen molar-refractivity contribution >= 4 is 17.7 Å². The second-order valence-corrected chi connectivity index (χ2v) is 7.86. The number of hydrogen-bond acceptors (Lipinski definition) is 2. The molecule has 0 aromatic heterocycles. The fourth-order valence-corrected chi connectivity index (χ4v) is 4.87. The number of rotatable bonds is 4. The van der Waals surface area contributed by atoms with Crippen LogP contribution in [0, 0.1) is 11.6 Å². The van der Waals surface area contributed by atoms with E-state index in [4.69, 9.17) is 0 Å². The standard InChI is InChI=1S/C23H19F2NOS/c24-18-11-12-19(20(25)15-18)23-26(13-14-28-23)22(27)21(16-7-3-1-4-8-16)17-9-5-2-6-10-17/h1-12,15,21,23H,13-14H2. The van der Waals surface area contributed by atoms with Crippen molar-refractivity contribution in [2.45, 2.75) is 11.3 Å². The highest BCUT2D eigenvalue weighted by atomic mass is 32.2. The third-order valence-electron chi connectivity index (χ3n) is 4.92. The molecule has 1 unspecified atom stereocenters. The van der Waals surface area contributed by atoms with Gasteiger partial charge in [0.05, 0.1) is 5.92 Å². The van der Waals surface area contributed by atoms with Crippen molar-refractivity contribution in [2.75, 3.05) is 12.3 Å². The Morgan fingerprint density at radius 1 is 0.929 bits per heavy atom. The summed E-state index contributed by atoms with van der Waals surface area (Å²) in [7, 11) is 0. The smallest absolute Gasteiger partial charge is 0.235 e. The van der Waals surface area contributed by atoms with Gasteiger partial charge in [0.25, 0.3) is 0 Å². The predicted molar refractivity (Wildman–Crippen MR) is 108 cm³/mol. The molecule has 3 aromatic rings. The molecule has 5 heteroatoms.